The van der Waals surface area contributed by atoms with E-state index >= 15 is 0 Å². The summed E-state index contributed by atoms with van der Waals surface area (Å²) >= 11 is 5.18. The first-order valence-corrected chi connectivity index (χ1v) is 8.84. The van der Waals surface area contributed by atoms with Crippen LogP contribution < -0.4 is 5.32 Å². The average molecular weight is 364 g/mol. The second-order valence-corrected chi connectivity index (χ2v) is 7.20. The van der Waals surface area contributed by atoms with Gasteiger partial charge in [0.15, 0.2) is 0 Å². The molecule has 1 heterocycles. The molecule has 0 unspecified atom stereocenters. The number of benzene rings is 1. The molecule has 1 aliphatic carbocycles. The predicted octanol–water partition coefficient (Wildman–Crippen LogP) is 5.01. The molecule has 1 N–H and O–H groups in total. The molecule has 1 aliphatic rings. The van der Waals surface area contributed by atoms with E-state index in [9.17, 15) is 0 Å². The molecule has 1 saturated carbocycles. The second kappa shape index (κ2) is 6.36. The average Bonchev–Trinajstić information content (AvgIpc) is 3.30. The van der Waals surface area contributed by atoms with Gasteiger partial charge in [0, 0.05) is 27.4 Å². The monoisotopic (exact) mass is 363 g/mol. The molecule has 21 heavy (non-hydrogen) atoms. The van der Waals surface area contributed by atoms with Gasteiger partial charge in [-0.2, -0.15) is 0 Å². The van der Waals surface area contributed by atoms with Crippen molar-refractivity contribution >= 4 is 33.5 Å². The molecule has 3 rings (SSSR count). The molecular weight excluding hydrogens is 346 g/mol. The zero-order valence-electron chi connectivity index (χ0n) is 12.2. The van der Waals surface area contributed by atoms with Crippen molar-refractivity contribution in [3.05, 3.63) is 40.1 Å². The number of hydrogen-bond acceptors (Lipinski definition) is 4. The molecule has 0 aliphatic heterocycles. The molecular formula is C16H18BrN3S. The van der Waals surface area contributed by atoms with Crippen molar-refractivity contribution in [3.63, 3.8) is 0 Å². The lowest BCUT2D eigenvalue weighted by Gasteiger charge is -2.12. The van der Waals surface area contributed by atoms with Gasteiger partial charge >= 0.3 is 0 Å². The topological polar surface area (TPSA) is 37.8 Å². The van der Waals surface area contributed by atoms with Crippen LogP contribution in [0, 0.1) is 6.92 Å². The molecule has 1 fully saturated rings. The predicted molar refractivity (Wildman–Crippen MR) is 91.2 cm³/mol. The third kappa shape index (κ3) is 3.58. The van der Waals surface area contributed by atoms with Crippen molar-refractivity contribution in [2.45, 2.75) is 42.5 Å². The first-order valence-electron chi connectivity index (χ1n) is 7.23. The molecule has 5 heteroatoms. The summed E-state index contributed by atoms with van der Waals surface area (Å²) in [4.78, 5) is 10.7. The minimum atomic E-state index is 0.562. The van der Waals surface area contributed by atoms with E-state index in [4.69, 9.17) is 9.97 Å². The highest BCUT2D eigenvalue weighted by atomic mass is 79.9. The summed E-state index contributed by atoms with van der Waals surface area (Å²) in [6, 6.07) is 8.35. The number of nitrogens with one attached hydrogen (secondary N) is 1. The van der Waals surface area contributed by atoms with Crippen molar-refractivity contribution in [1.82, 2.24) is 9.97 Å². The maximum Gasteiger partial charge on any atom is 0.135 e. The van der Waals surface area contributed by atoms with Crippen LogP contribution >= 0.6 is 27.7 Å². The summed E-state index contributed by atoms with van der Waals surface area (Å²) in [5.41, 5.74) is 1.13. The lowest BCUT2D eigenvalue weighted by Crippen LogP contribution is -2.07. The van der Waals surface area contributed by atoms with E-state index < -0.39 is 0 Å². The number of aromatic nitrogens is 2. The minimum Gasteiger partial charge on any atom is -0.370 e. The normalized spacial score (nSPS) is 14.2. The summed E-state index contributed by atoms with van der Waals surface area (Å²) < 4.78 is 1.10. The summed E-state index contributed by atoms with van der Waals surface area (Å²) in [6.45, 7) is 5.07. The van der Waals surface area contributed by atoms with Gasteiger partial charge in [-0.15, -0.1) is 0 Å². The SMILES string of the molecule is CCNc1nc(C2CC2)nc(Sc2ccc(Br)cc2)c1C. The molecule has 0 bridgehead atoms. The maximum absolute atomic E-state index is 4.80. The van der Waals surface area contributed by atoms with Crippen molar-refractivity contribution < 1.29 is 0 Å². The molecule has 0 atom stereocenters. The van der Waals surface area contributed by atoms with E-state index in [2.05, 4.69) is 59.4 Å². The van der Waals surface area contributed by atoms with E-state index in [1.807, 2.05) is 0 Å². The Labute approximate surface area is 138 Å². The molecule has 1 aromatic heterocycles. The Bertz CT molecular complexity index is 639. The number of nitrogens with zero attached hydrogens (tertiary/aromatic N) is 2. The van der Waals surface area contributed by atoms with Crippen molar-refractivity contribution in [2.24, 2.45) is 0 Å². The number of halogens is 1. The van der Waals surface area contributed by atoms with Crippen LogP contribution in [-0.4, -0.2) is 16.5 Å². The highest BCUT2D eigenvalue weighted by Gasteiger charge is 2.28. The van der Waals surface area contributed by atoms with E-state index in [1.54, 1.807) is 11.8 Å². The van der Waals surface area contributed by atoms with Crippen LogP contribution in [-0.2, 0) is 0 Å². The van der Waals surface area contributed by atoms with Gasteiger partial charge in [-0.1, -0.05) is 27.7 Å². The summed E-state index contributed by atoms with van der Waals surface area (Å²) in [6.07, 6.45) is 2.44. The molecule has 110 valence electrons. The third-order valence-corrected chi connectivity index (χ3v) is 5.06. The standard InChI is InChI=1S/C16H18BrN3S/c1-3-18-14-10(2)16(20-15(19-14)11-4-5-11)21-13-8-6-12(17)7-9-13/h6-9,11H,3-5H2,1-2H3,(H,18,19,20). The smallest absolute Gasteiger partial charge is 0.135 e. The fourth-order valence-electron chi connectivity index (χ4n) is 2.09. The van der Waals surface area contributed by atoms with Gasteiger partial charge in [0.2, 0.25) is 0 Å². The number of anilines is 1. The zero-order valence-corrected chi connectivity index (χ0v) is 14.6. The van der Waals surface area contributed by atoms with Gasteiger partial charge in [0.1, 0.15) is 16.7 Å². The molecule has 0 spiro atoms. The lowest BCUT2D eigenvalue weighted by atomic mass is 10.3. The van der Waals surface area contributed by atoms with Crippen LogP contribution in [0.3, 0.4) is 0 Å². The van der Waals surface area contributed by atoms with Gasteiger partial charge in [0.05, 0.1) is 0 Å². The molecule has 0 amide bonds. The Morgan fingerprint density at radius 1 is 1.24 bits per heavy atom. The Kier molecular flexibility index (Phi) is 4.50. The van der Waals surface area contributed by atoms with Crippen molar-refractivity contribution in [3.8, 4) is 0 Å². The zero-order chi connectivity index (χ0) is 14.8. The maximum atomic E-state index is 4.80. The van der Waals surface area contributed by atoms with Crippen LogP contribution in [0.4, 0.5) is 5.82 Å². The van der Waals surface area contributed by atoms with Crippen LogP contribution in [0.2, 0.25) is 0 Å². The largest absolute Gasteiger partial charge is 0.370 e. The van der Waals surface area contributed by atoms with Gasteiger partial charge < -0.3 is 5.32 Å². The van der Waals surface area contributed by atoms with Gasteiger partial charge in [-0.3, -0.25) is 0 Å². The van der Waals surface area contributed by atoms with Crippen LogP contribution in [0.5, 0.6) is 0 Å². The van der Waals surface area contributed by atoms with Gasteiger partial charge in [-0.05, 0) is 51.0 Å². The van der Waals surface area contributed by atoms with E-state index in [-0.39, 0.29) is 0 Å². The first-order chi connectivity index (χ1) is 10.2. The minimum absolute atomic E-state index is 0.562. The molecule has 2 aromatic rings. The molecule has 1 aromatic carbocycles. The van der Waals surface area contributed by atoms with Crippen LogP contribution in [0.15, 0.2) is 38.7 Å². The number of hydrogen-bond donors (Lipinski definition) is 1. The summed E-state index contributed by atoms with van der Waals surface area (Å²) in [5.74, 6) is 2.54. The lowest BCUT2D eigenvalue weighted by molar-refractivity contribution is 0.861. The quantitative estimate of drug-likeness (QED) is 0.757. The fraction of sp³-hybridized carbons (Fsp3) is 0.375. The van der Waals surface area contributed by atoms with Crippen molar-refractivity contribution in [1.29, 1.82) is 0 Å². The molecule has 3 nitrogen and oxygen atoms in total. The highest BCUT2D eigenvalue weighted by Crippen LogP contribution is 2.41. The van der Waals surface area contributed by atoms with Crippen LogP contribution in [0.25, 0.3) is 0 Å². The second-order valence-electron chi connectivity index (χ2n) is 5.22. The van der Waals surface area contributed by atoms with Gasteiger partial charge in [-0.25, -0.2) is 9.97 Å². The first kappa shape index (κ1) is 14.9. The van der Waals surface area contributed by atoms with E-state index in [1.165, 1.54) is 17.7 Å². The Balaban J connectivity index is 1.93. The molecule has 0 saturated heterocycles. The van der Waals surface area contributed by atoms with Crippen molar-refractivity contribution in [2.75, 3.05) is 11.9 Å². The Morgan fingerprint density at radius 3 is 2.57 bits per heavy atom. The number of rotatable bonds is 5. The highest BCUT2D eigenvalue weighted by molar-refractivity contribution is 9.10. The summed E-state index contributed by atoms with van der Waals surface area (Å²) in [5, 5.41) is 4.42. The van der Waals surface area contributed by atoms with Crippen LogP contribution in [0.1, 0.15) is 37.1 Å². The third-order valence-electron chi connectivity index (χ3n) is 3.43. The fourth-order valence-corrected chi connectivity index (χ4v) is 3.24. The Hall–Kier alpha value is -1.07. The Morgan fingerprint density at radius 2 is 1.95 bits per heavy atom. The molecule has 0 radical (unpaired) electrons. The van der Waals surface area contributed by atoms with Gasteiger partial charge in [0.25, 0.3) is 0 Å². The summed E-state index contributed by atoms with van der Waals surface area (Å²) in [7, 11) is 0. The van der Waals surface area contributed by atoms with E-state index in [0.717, 1.165) is 33.2 Å². The van der Waals surface area contributed by atoms with E-state index in [0.29, 0.717) is 5.92 Å².